The molecule has 0 saturated heterocycles. The average molecular weight is 331 g/mol. The van der Waals surface area contributed by atoms with Crippen molar-refractivity contribution in [3.63, 3.8) is 0 Å². The van der Waals surface area contributed by atoms with Crippen LogP contribution in [-0.4, -0.2) is 23.4 Å². The van der Waals surface area contributed by atoms with E-state index >= 15 is 0 Å². The number of benzene rings is 1. The number of sulfonamides is 2. The monoisotopic (exact) mass is 331 g/mol. The van der Waals surface area contributed by atoms with Gasteiger partial charge in [0.15, 0.2) is 0 Å². The average Bonchev–Trinajstić information content (AvgIpc) is 2.39. The van der Waals surface area contributed by atoms with Gasteiger partial charge < -0.3 is 5.32 Å². The lowest BCUT2D eigenvalue weighted by molar-refractivity contribution is 0.596. The molecule has 0 atom stereocenters. The van der Waals surface area contributed by atoms with Gasteiger partial charge in [0.05, 0.1) is 15.5 Å². The highest BCUT2D eigenvalue weighted by Gasteiger charge is 2.21. The van der Waals surface area contributed by atoms with Crippen molar-refractivity contribution in [3.05, 3.63) is 39.1 Å². The zero-order valence-corrected chi connectivity index (χ0v) is 12.2. The van der Waals surface area contributed by atoms with Gasteiger partial charge in [-0.3, -0.25) is 0 Å². The van der Waals surface area contributed by atoms with Gasteiger partial charge in [0, 0.05) is 25.4 Å². The van der Waals surface area contributed by atoms with Crippen LogP contribution in [0.3, 0.4) is 0 Å². The van der Waals surface area contributed by atoms with E-state index in [0.29, 0.717) is 6.54 Å². The van der Waals surface area contributed by atoms with Crippen molar-refractivity contribution < 1.29 is 16.8 Å². The highest BCUT2D eigenvalue weighted by Crippen LogP contribution is 2.27. The van der Waals surface area contributed by atoms with Crippen LogP contribution in [0.4, 0.5) is 5.69 Å². The second-order valence-electron chi connectivity index (χ2n) is 3.48. The third kappa shape index (κ3) is 3.77. The summed E-state index contributed by atoms with van der Waals surface area (Å²) in [5.74, 6) is 0. The summed E-state index contributed by atoms with van der Waals surface area (Å²) >= 11 is 0. The molecule has 1 N–H and O–H groups in total. The fraction of sp³-hybridized carbons (Fsp3) is 0.250. The normalized spacial score (nSPS) is 11.1. The number of hydrogen-bond acceptors (Lipinski definition) is 5. The first-order valence-electron chi connectivity index (χ1n) is 5.29. The van der Waals surface area contributed by atoms with Crippen molar-refractivity contribution in [1.29, 1.82) is 0 Å². The topological polar surface area (TPSA) is 178 Å². The molecule has 0 spiro atoms. The summed E-state index contributed by atoms with van der Waals surface area (Å²) in [6.07, 6.45) is 0. The van der Waals surface area contributed by atoms with Crippen LogP contribution in [-0.2, 0) is 20.0 Å². The van der Waals surface area contributed by atoms with Crippen molar-refractivity contribution >= 4 is 25.7 Å². The Morgan fingerprint density at radius 2 is 1.67 bits per heavy atom. The molecule has 1 aromatic carbocycles. The van der Waals surface area contributed by atoms with E-state index in [9.17, 15) is 16.8 Å². The van der Waals surface area contributed by atoms with E-state index in [1.54, 1.807) is 6.92 Å². The highest BCUT2D eigenvalue weighted by molar-refractivity contribution is 7.91. The maximum atomic E-state index is 11.8. The summed E-state index contributed by atoms with van der Waals surface area (Å²) in [6.45, 7) is 2.04. The molecule has 0 aliphatic rings. The SMILES string of the molecule is CCNc1ccc(S(=O)(=O)N=[N+]=[N-])cc1S(=O)(=O)N=[N+]=[N-]. The number of rotatable bonds is 6. The summed E-state index contributed by atoms with van der Waals surface area (Å²) < 4.78 is 52.1. The molecular formula is C8H9N7O4S2. The van der Waals surface area contributed by atoms with E-state index in [4.69, 9.17) is 11.1 Å². The van der Waals surface area contributed by atoms with Crippen molar-refractivity contribution in [2.24, 2.45) is 9.04 Å². The Bertz CT molecular complexity index is 849. The lowest BCUT2D eigenvalue weighted by Crippen LogP contribution is -2.07. The second kappa shape index (κ2) is 6.33. The zero-order chi connectivity index (χ0) is 16.1. The minimum Gasteiger partial charge on any atom is -0.384 e. The van der Waals surface area contributed by atoms with Crippen LogP contribution in [0.25, 0.3) is 20.9 Å². The number of azide groups is 2. The van der Waals surface area contributed by atoms with Gasteiger partial charge >= 0.3 is 0 Å². The molecule has 0 saturated carbocycles. The summed E-state index contributed by atoms with van der Waals surface area (Å²) in [4.78, 5) is 3.29. The van der Waals surface area contributed by atoms with Crippen molar-refractivity contribution in [1.82, 2.24) is 0 Å². The smallest absolute Gasteiger partial charge is 0.266 e. The minimum atomic E-state index is -4.41. The van der Waals surface area contributed by atoms with E-state index < -0.39 is 29.8 Å². The lowest BCUT2D eigenvalue weighted by Gasteiger charge is -2.10. The Balaban J connectivity index is 3.67. The molecule has 0 fully saturated rings. The predicted octanol–water partition coefficient (Wildman–Crippen LogP) is 2.12. The second-order valence-corrected chi connectivity index (χ2v) is 6.62. The molecule has 0 aliphatic heterocycles. The Morgan fingerprint density at radius 3 is 2.19 bits per heavy atom. The summed E-state index contributed by atoms with van der Waals surface area (Å²) in [6, 6.07) is 2.99. The summed E-state index contributed by atoms with van der Waals surface area (Å²) in [5.41, 5.74) is 16.5. The molecule has 11 nitrogen and oxygen atoms in total. The number of nitrogens with one attached hydrogen (secondary N) is 1. The molecule has 1 rings (SSSR count). The molecule has 0 radical (unpaired) electrons. The highest BCUT2D eigenvalue weighted by atomic mass is 32.2. The molecule has 0 heterocycles. The Hall–Kier alpha value is -2.46. The van der Waals surface area contributed by atoms with Gasteiger partial charge in [0.25, 0.3) is 20.0 Å². The standard InChI is InChI=1S/C8H9N7O4S2/c1-2-11-7-4-3-6(20(16,17)14-12-9)5-8(7)21(18,19)15-13-10/h3-5,11H,2H2,1H3. The zero-order valence-electron chi connectivity index (χ0n) is 10.6. The van der Waals surface area contributed by atoms with Crippen molar-refractivity contribution in [3.8, 4) is 0 Å². The van der Waals surface area contributed by atoms with Gasteiger partial charge in [-0.2, -0.15) is 0 Å². The fourth-order valence-corrected chi connectivity index (χ4v) is 3.05. The fourth-order valence-electron chi connectivity index (χ4n) is 1.40. The minimum absolute atomic E-state index is 0.0600. The van der Waals surface area contributed by atoms with Gasteiger partial charge in [-0.25, -0.2) is 16.8 Å². The van der Waals surface area contributed by atoms with Crippen LogP contribution < -0.4 is 5.32 Å². The largest absolute Gasteiger partial charge is 0.384 e. The third-order valence-corrected chi connectivity index (χ3v) is 4.50. The first-order chi connectivity index (χ1) is 9.78. The van der Waals surface area contributed by atoms with Gasteiger partial charge in [-0.05, 0) is 36.2 Å². The molecule has 0 amide bonds. The van der Waals surface area contributed by atoms with Crippen LogP contribution >= 0.6 is 0 Å². The van der Waals surface area contributed by atoms with Crippen LogP contribution in [0, 0.1) is 0 Å². The Morgan fingerprint density at radius 1 is 1.10 bits per heavy atom. The van der Waals surface area contributed by atoms with E-state index in [1.807, 2.05) is 0 Å². The molecule has 1 aromatic rings. The number of hydrogen-bond donors (Lipinski definition) is 1. The maximum Gasteiger partial charge on any atom is 0.266 e. The van der Waals surface area contributed by atoms with Crippen molar-refractivity contribution in [2.75, 3.05) is 11.9 Å². The molecular weight excluding hydrogens is 322 g/mol. The Kier molecular flexibility index (Phi) is 5.00. The summed E-state index contributed by atoms with van der Waals surface area (Å²) in [5, 5.41) is 2.69. The van der Waals surface area contributed by atoms with Gasteiger partial charge in [0.1, 0.15) is 0 Å². The first kappa shape index (κ1) is 16.6. The van der Waals surface area contributed by atoms with Crippen LogP contribution in [0.1, 0.15) is 6.92 Å². The molecule has 13 heteroatoms. The van der Waals surface area contributed by atoms with Crippen LogP contribution in [0.15, 0.2) is 37.0 Å². The quantitative estimate of drug-likeness (QED) is 0.475. The van der Waals surface area contributed by atoms with Gasteiger partial charge in [-0.15, -0.1) is 0 Å². The van der Waals surface area contributed by atoms with E-state index in [1.165, 1.54) is 6.07 Å². The van der Waals surface area contributed by atoms with E-state index in [2.05, 4.69) is 24.2 Å². The van der Waals surface area contributed by atoms with Gasteiger partial charge in [0.2, 0.25) is 0 Å². The molecule has 0 bridgehead atoms. The van der Waals surface area contributed by atoms with Gasteiger partial charge in [-0.1, -0.05) is 0 Å². The summed E-state index contributed by atoms with van der Waals surface area (Å²) in [7, 11) is -8.77. The first-order valence-corrected chi connectivity index (χ1v) is 8.17. The van der Waals surface area contributed by atoms with E-state index in [-0.39, 0.29) is 5.69 Å². The molecule has 0 aromatic heterocycles. The molecule has 112 valence electrons. The van der Waals surface area contributed by atoms with Crippen LogP contribution in [0.2, 0.25) is 0 Å². The van der Waals surface area contributed by atoms with Crippen LogP contribution in [0.5, 0.6) is 0 Å². The maximum absolute atomic E-state index is 11.8. The molecule has 21 heavy (non-hydrogen) atoms. The number of nitrogens with zero attached hydrogens (tertiary/aromatic N) is 6. The van der Waals surface area contributed by atoms with Crippen molar-refractivity contribution in [2.45, 2.75) is 16.7 Å². The molecule has 0 aliphatic carbocycles. The van der Waals surface area contributed by atoms with E-state index in [0.717, 1.165) is 12.1 Å². The predicted molar refractivity (Wildman–Crippen MR) is 73.3 cm³/mol. The third-order valence-electron chi connectivity index (χ3n) is 2.18. The Labute approximate surface area is 120 Å². The lowest BCUT2D eigenvalue weighted by atomic mass is 10.3. The molecule has 0 unspecified atom stereocenters. The number of anilines is 1.